The van der Waals surface area contributed by atoms with Gasteiger partial charge in [0.2, 0.25) is 0 Å². The Kier molecular flexibility index (Phi) is 11.8. The van der Waals surface area contributed by atoms with Gasteiger partial charge in [-0.1, -0.05) is 24.3 Å². The third-order valence-corrected chi connectivity index (χ3v) is 4.61. The van der Waals surface area contributed by atoms with Crippen molar-refractivity contribution in [3.8, 4) is 0 Å². The highest BCUT2D eigenvalue weighted by Gasteiger charge is 2.07. The van der Waals surface area contributed by atoms with Gasteiger partial charge in [-0.2, -0.15) is 0 Å². The number of benzene rings is 1. The molecule has 6 heteroatoms. The summed E-state index contributed by atoms with van der Waals surface area (Å²) in [5.41, 5.74) is 3.50. The highest BCUT2D eigenvalue weighted by atomic mass is 16.5. The van der Waals surface area contributed by atoms with Gasteiger partial charge < -0.3 is 23.8 Å². The molecule has 164 valence electrons. The van der Waals surface area contributed by atoms with Crippen LogP contribution in [0.3, 0.4) is 0 Å². The fourth-order valence-corrected chi connectivity index (χ4v) is 2.82. The minimum atomic E-state index is 0.607. The standard InChI is InChI=1S/C24H35N2O4/c1-25-12-10-23(11-13-25)5-4-22-6-8-24(9-7-22)26(14-16-29-20-18-27-2)15-17-30-21-19-28-3/h4-13H,14-21H2,1-3H3/q+1. The summed E-state index contributed by atoms with van der Waals surface area (Å²) in [5.74, 6) is 0. The number of methoxy groups -OCH3 is 2. The summed E-state index contributed by atoms with van der Waals surface area (Å²) in [5, 5.41) is 0. The largest absolute Gasteiger partial charge is 0.382 e. The second-order valence-corrected chi connectivity index (χ2v) is 6.92. The first-order valence-electron chi connectivity index (χ1n) is 10.3. The maximum atomic E-state index is 5.65. The molecule has 0 bridgehead atoms. The second kappa shape index (κ2) is 14.7. The minimum absolute atomic E-state index is 0.607. The molecule has 0 atom stereocenters. The van der Waals surface area contributed by atoms with E-state index in [1.807, 2.05) is 24.0 Å². The summed E-state index contributed by atoms with van der Waals surface area (Å²) >= 11 is 0. The quantitative estimate of drug-likeness (QED) is 0.331. The van der Waals surface area contributed by atoms with Crippen LogP contribution in [-0.2, 0) is 26.0 Å². The molecule has 0 N–H and O–H groups in total. The normalized spacial score (nSPS) is 11.3. The maximum absolute atomic E-state index is 5.65. The molecule has 30 heavy (non-hydrogen) atoms. The molecule has 2 rings (SSSR count). The van der Waals surface area contributed by atoms with Crippen LogP contribution in [-0.4, -0.2) is 67.0 Å². The molecule has 0 saturated carbocycles. The number of anilines is 1. The average Bonchev–Trinajstić information content (AvgIpc) is 2.77. The highest BCUT2D eigenvalue weighted by molar-refractivity contribution is 5.70. The Morgan fingerprint density at radius 1 is 0.700 bits per heavy atom. The maximum Gasteiger partial charge on any atom is 0.169 e. The molecule has 0 saturated heterocycles. The Bertz CT molecular complexity index is 703. The summed E-state index contributed by atoms with van der Waals surface area (Å²) < 4.78 is 23.4. The van der Waals surface area contributed by atoms with Crippen molar-refractivity contribution < 1.29 is 23.5 Å². The fourth-order valence-electron chi connectivity index (χ4n) is 2.82. The lowest BCUT2D eigenvalue weighted by Gasteiger charge is -2.25. The van der Waals surface area contributed by atoms with Gasteiger partial charge in [-0.05, 0) is 23.3 Å². The lowest BCUT2D eigenvalue weighted by Crippen LogP contribution is -2.31. The van der Waals surface area contributed by atoms with E-state index in [1.165, 1.54) is 11.1 Å². The Balaban J connectivity index is 1.93. The Labute approximate surface area is 180 Å². The van der Waals surface area contributed by atoms with Crippen LogP contribution in [0.1, 0.15) is 11.1 Å². The molecule has 1 heterocycles. The molecule has 0 unspecified atom stereocenters. The van der Waals surface area contributed by atoms with Gasteiger partial charge in [0.05, 0.1) is 39.6 Å². The Morgan fingerprint density at radius 3 is 1.70 bits per heavy atom. The van der Waals surface area contributed by atoms with Gasteiger partial charge in [0.1, 0.15) is 7.05 Å². The van der Waals surface area contributed by atoms with E-state index < -0.39 is 0 Å². The molecular weight excluding hydrogens is 380 g/mol. The topological polar surface area (TPSA) is 44.0 Å². The Hall–Kier alpha value is -2.25. The van der Waals surface area contributed by atoms with E-state index in [2.05, 4.69) is 53.5 Å². The smallest absolute Gasteiger partial charge is 0.169 e. The second-order valence-electron chi connectivity index (χ2n) is 6.92. The van der Waals surface area contributed by atoms with E-state index in [1.54, 1.807) is 14.2 Å². The van der Waals surface area contributed by atoms with Gasteiger partial charge in [-0.15, -0.1) is 0 Å². The van der Waals surface area contributed by atoms with Crippen LogP contribution in [0.15, 0.2) is 48.8 Å². The minimum Gasteiger partial charge on any atom is -0.382 e. The van der Waals surface area contributed by atoms with E-state index in [-0.39, 0.29) is 0 Å². The van der Waals surface area contributed by atoms with Crippen LogP contribution >= 0.6 is 0 Å². The van der Waals surface area contributed by atoms with E-state index >= 15 is 0 Å². The molecule has 2 aromatic rings. The van der Waals surface area contributed by atoms with Crippen LogP contribution in [0.2, 0.25) is 0 Å². The molecule has 0 amide bonds. The van der Waals surface area contributed by atoms with Gasteiger partial charge >= 0.3 is 0 Å². The zero-order chi connectivity index (χ0) is 21.4. The highest BCUT2D eigenvalue weighted by Crippen LogP contribution is 2.17. The summed E-state index contributed by atoms with van der Waals surface area (Å²) in [7, 11) is 5.38. The number of ether oxygens (including phenoxy) is 4. The lowest BCUT2D eigenvalue weighted by atomic mass is 10.1. The summed E-state index contributed by atoms with van der Waals surface area (Å²) in [6.45, 7) is 5.33. The van der Waals surface area contributed by atoms with E-state index in [0.29, 0.717) is 39.6 Å². The van der Waals surface area contributed by atoms with Crippen molar-refractivity contribution >= 4 is 17.8 Å². The molecule has 0 aliphatic rings. The predicted molar refractivity (Wildman–Crippen MR) is 121 cm³/mol. The van der Waals surface area contributed by atoms with Crippen molar-refractivity contribution in [2.24, 2.45) is 7.05 Å². The average molecular weight is 416 g/mol. The van der Waals surface area contributed by atoms with Crippen molar-refractivity contribution in [1.82, 2.24) is 0 Å². The number of hydrogen-bond acceptors (Lipinski definition) is 5. The van der Waals surface area contributed by atoms with Crippen LogP contribution in [0.5, 0.6) is 0 Å². The van der Waals surface area contributed by atoms with E-state index in [9.17, 15) is 0 Å². The van der Waals surface area contributed by atoms with Crippen LogP contribution in [0.25, 0.3) is 12.2 Å². The number of nitrogens with zero attached hydrogens (tertiary/aromatic N) is 2. The third kappa shape index (κ3) is 9.50. The van der Waals surface area contributed by atoms with Crippen molar-refractivity contribution in [3.63, 3.8) is 0 Å². The molecule has 6 nitrogen and oxygen atoms in total. The monoisotopic (exact) mass is 415 g/mol. The SMILES string of the molecule is COCCOCCN(CCOCCOC)c1ccc(/C=C/c2cc[n+](C)cc2)cc1. The molecule has 0 spiro atoms. The third-order valence-electron chi connectivity index (χ3n) is 4.61. The van der Waals surface area contributed by atoms with Gasteiger partial charge in [-0.3, -0.25) is 0 Å². The number of pyridine rings is 1. The predicted octanol–water partition coefficient (Wildman–Crippen LogP) is 2.81. The van der Waals surface area contributed by atoms with Crippen molar-refractivity contribution in [2.45, 2.75) is 0 Å². The summed E-state index contributed by atoms with van der Waals surface area (Å²) in [6, 6.07) is 12.8. The lowest BCUT2D eigenvalue weighted by molar-refractivity contribution is -0.671. The van der Waals surface area contributed by atoms with E-state index in [0.717, 1.165) is 18.8 Å². The number of hydrogen-bond donors (Lipinski definition) is 0. The summed E-state index contributed by atoms with van der Waals surface area (Å²) in [6.07, 6.45) is 8.35. The van der Waals surface area contributed by atoms with Crippen molar-refractivity contribution in [3.05, 3.63) is 59.9 Å². The molecule has 1 aromatic carbocycles. The van der Waals surface area contributed by atoms with Gasteiger partial charge in [0.25, 0.3) is 0 Å². The molecular formula is C24H35N2O4+. The first-order chi connectivity index (χ1) is 14.7. The van der Waals surface area contributed by atoms with Gasteiger partial charge in [0.15, 0.2) is 12.4 Å². The fraction of sp³-hybridized carbons (Fsp3) is 0.458. The zero-order valence-electron chi connectivity index (χ0n) is 18.5. The molecule has 0 fully saturated rings. The number of aromatic nitrogens is 1. The molecule has 0 aliphatic carbocycles. The van der Waals surface area contributed by atoms with Crippen LogP contribution < -0.4 is 9.47 Å². The van der Waals surface area contributed by atoms with Crippen LogP contribution in [0, 0.1) is 0 Å². The molecule has 0 radical (unpaired) electrons. The van der Waals surface area contributed by atoms with Crippen LogP contribution in [0.4, 0.5) is 5.69 Å². The van der Waals surface area contributed by atoms with Crippen molar-refractivity contribution in [2.75, 3.05) is 71.9 Å². The molecule has 1 aromatic heterocycles. The van der Waals surface area contributed by atoms with Crippen molar-refractivity contribution in [1.29, 1.82) is 0 Å². The summed E-state index contributed by atoms with van der Waals surface area (Å²) in [4.78, 5) is 2.28. The Morgan fingerprint density at radius 2 is 1.20 bits per heavy atom. The van der Waals surface area contributed by atoms with Gasteiger partial charge in [-0.25, -0.2) is 4.57 Å². The zero-order valence-corrected chi connectivity index (χ0v) is 18.5. The number of aryl methyl sites for hydroxylation is 1. The molecule has 0 aliphatic heterocycles. The van der Waals surface area contributed by atoms with Gasteiger partial charge in [0, 0.05) is 45.1 Å². The van der Waals surface area contributed by atoms with E-state index in [4.69, 9.17) is 18.9 Å². The number of rotatable bonds is 15. The first kappa shape index (κ1) is 24.0. The first-order valence-corrected chi connectivity index (χ1v) is 10.3.